The highest BCUT2D eigenvalue weighted by molar-refractivity contribution is 7.90. The molecule has 2 aromatic carbocycles. The number of rotatable bonds is 3. The van der Waals surface area contributed by atoms with Crippen LogP contribution >= 0.6 is 0 Å². The maximum Gasteiger partial charge on any atom is 0.264 e. The fourth-order valence-corrected chi connectivity index (χ4v) is 4.98. The van der Waals surface area contributed by atoms with Crippen molar-refractivity contribution >= 4 is 21.8 Å². The summed E-state index contributed by atoms with van der Waals surface area (Å²) in [5.41, 5.74) is 2.23. The van der Waals surface area contributed by atoms with Crippen molar-refractivity contribution in [1.82, 2.24) is 10.0 Å². The molecule has 7 heteroatoms. The van der Waals surface area contributed by atoms with Gasteiger partial charge in [0.1, 0.15) is 5.78 Å². The third-order valence-corrected chi connectivity index (χ3v) is 6.76. The highest BCUT2D eigenvalue weighted by Crippen LogP contribution is 2.42. The minimum atomic E-state index is -3.82. The van der Waals surface area contributed by atoms with Gasteiger partial charge in [0.05, 0.1) is 16.9 Å². The van der Waals surface area contributed by atoms with Gasteiger partial charge < -0.3 is 5.32 Å². The van der Waals surface area contributed by atoms with Crippen molar-refractivity contribution in [2.75, 3.05) is 0 Å². The van der Waals surface area contributed by atoms with Crippen LogP contribution in [0.1, 0.15) is 37.4 Å². The Balaban J connectivity index is 1.74. The fraction of sp³-hybridized carbons (Fsp3) is 0.304. The van der Waals surface area contributed by atoms with Gasteiger partial charge >= 0.3 is 0 Å². The van der Waals surface area contributed by atoms with Crippen LogP contribution in [0.5, 0.6) is 0 Å². The predicted molar refractivity (Wildman–Crippen MR) is 116 cm³/mol. The molecule has 2 aromatic rings. The number of benzene rings is 2. The van der Waals surface area contributed by atoms with Crippen LogP contribution in [-0.2, 0) is 14.8 Å². The molecule has 0 spiro atoms. The van der Waals surface area contributed by atoms with Crippen LogP contribution in [0.25, 0.3) is 0 Å². The van der Waals surface area contributed by atoms with Crippen molar-refractivity contribution in [3.63, 3.8) is 0 Å². The lowest BCUT2D eigenvalue weighted by atomic mass is 9.72. The molecule has 1 heterocycles. The summed E-state index contributed by atoms with van der Waals surface area (Å²) in [6, 6.07) is 15.6. The van der Waals surface area contributed by atoms with E-state index < -0.39 is 22.0 Å². The lowest BCUT2D eigenvalue weighted by molar-refractivity contribution is -0.124. The van der Waals surface area contributed by atoms with E-state index in [1.807, 2.05) is 57.2 Å². The van der Waals surface area contributed by atoms with Crippen LogP contribution < -0.4 is 10.0 Å². The number of ketones is 1. The summed E-state index contributed by atoms with van der Waals surface area (Å²) in [4.78, 5) is 17.8. The quantitative estimate of drug-likeness (QED) is 0.791. The molecule has 156 valence electrons. The average Bonchev–Trinajstić information content (AvgIpc) is 2.67. The highest BCUT2D eigenvalue weighted by Gasteiger charge is 2.42. The van der Waals surface area contributed by atoms with Crippen molar-refractivity contribution in [2.45, 2.75) is 38.1 Å². The van der Waals surface area contributed by atoms with Crippen molar-refractivity contribution in [1.29, 1.82) is 0 Å². The number of guanidine groups is 1. The van der Waals surface area contributed by atoms with E-state index in [0.29, 0.717) is 12.1 Å². The van der Waals surface area contributed by atoms with Crippen LogP contribution in [0.3, 0.4) is 0 Å². The van der Waals surface area contributed by atoms with Gasteiger partial charge in [0.2, 0.25) is 5.96 Å². The number of sulfonamides is 1. The van der Waals surface area contributed by atoms with E-state index >= 15 is 0 Å². The number of carbonyl (C=O) groups is 1. The molecule has 4 rings (SSSR count). The van der Waals surface area contributed by atoms with Gasteiger partial charge in [-0.1, -0.05) is 68.0 Å². The lowest BCUT2D eigenvalue weighted by Gasteiger charge is -2.38. The van der Waals surface area contributed by atoms with Crippen LogP contribution in [-0.4, -0.2) is 20.2 Å². The zero-order valence-electron chi connectivity index (χ0n) is 17.2. The second-order valence-electron chi connectivity index (χ2n) is 8.59. The molecule has 0 radical (unpaired) electrons. The average molecular weight is 424 g/mol. The number of fused-ring (bicyclic) bond motifs is 1. The molecular formula is C23H25N3O3S. The maximum absolute atomic E-state index is 13.0. The minimum absolute atomic E-state index is 0.100. The minimum Gasteiger partial charge on any atom is -0.329 e. The van der Waals surface area contributed by atoms with Gasteiger partial charge in [0, 0.05) is 12.1 Å². The summed E-state index contributed by atoms with van der Waals surface area (Å²) in [5.74, 6) is -0.228. The summed E-state index contributed by atoms with van der Waals surface area (Å²) >= 11 is 0. The maximum atomic E-state index is 13.0. The van der Waals surface area contributed by atoms with Crippen molar-refractivity contribution in [3.8, 4) is 0 Å². The molecule has 0 amide bonds. The third-order valence-electron chi connectivity index (χ3n) is 5.41. The number of nitrogens with one attached hydrogen (secondary N) is 2. The summed E-state index contributed by atoms with van der Waals surface area (Å²) < 4.78 is 28.3. The summed E-state index contributed by atoms with van der Waals surface area (Å²) in [7, 11) is -3.82. The number of Topliss-reactive ketones (excluding diaryl/α,β-unsaturated/α-hetero) is 1. The monoisotopic (exact) mass is 423 g/mol. The van der Waals surface area contributed by atoms with Crippen LogP contribution in [0.4, 0.5) is 0 Å². The number of aryl methyl sites for hydroxylation is 1. The second kappa shape index (κ2) is 7.40. The molecule has 1 aliphatic carbocycles. The standard InChI is InChI=1S/C23H25N3O3S/c1-15-9-11-17(12-10-15)30(28,29)26-22-24-18-13-23(2,3)14-19(27)20(18)21(25-22)16-7-5-4-6-8-16/h4-13,20-21H,14H2,1-3H3,(H2,24,25,26)/t20-,21-/m0/s1. The van der Waals surface area contributed by atoms with Crippen LogP contribution in [0.15, 0.2) is 76.3 Å². The SMILES string of the molecule is Cc1ccc(S(=O)(=O)NC2=N[C@@H](c3ccccc3)[C@@H]3C(=O)CC(C)(C)C=C3N2)cc1. The molecule has 0 saturated carbocycles. The van der Waals surface area contributed by atoms with E-state index in [4.69, 9.17) is 0 Å². The molecule has 2 atom stereocenters. The molecular weight excluding hydrogens is 398 g/mol. The van der Waals surface area contributed by atoms with Gasteiger partial charge in [0.15, 0.2) is 0 Å². The number of nitrogens with zero attached hydrogens (tertiary/aromatic N) is 1. The summed E-state index contributed by atoms with van der Waals surface area (Å²) in [6.07, 6.45) is 2.44. The topological polar surface area (TPSA) is 87.6 Å². The molecule has 0 saturated heterocycles. The first kappa shape index (κ1) is 20.3. The highest BCUT2D eigenvalue weighted by atomic mass is 32.2. The van der Waals surface area contributed by atoms with E-state index in [2.05, 4.69) is 15.0 Å². The van der Waals surface area contributed by atoms with Gasteiger partial charge in [-0.15, -0.1) is 0 Å². The van der Waals surface area contributed by atoms with Gasteiger partial charge in [-0.2, -0.15) is 0 Å². The third kappa shape index (κ3) is 4.03. The van der Waals surface area contributed by atoms with Crippen LogP contribution in [0.2, 0.25) is 0 Å². The number of hydrogen-bond acceptors (Lipinski definition) is 5. The number of hydrogen-bond donors (Lipinski definition) is 2. The Morgan fingerprint density at radius 1 is 1.07 bits per heavy atom. The van der Waals surface area contributed by atoms with E-state index in [-0.39, 0.29) is 22.1 Å². The molecule has 0 aromatic heterocycles. The number of aliphatic imine (C=N–C) groups is 1. The molecule has 1 aliphatic heterocycles. The summed E-state index contributed by atoms with van der Waals surface area (Å²) in [6.45, 7) is 5.89. The smallest absolute Gasteiger partial charge is 0.264 e. The Hall–Kier alpha value is -2.93. The summed E-state index contributed by atoms with van der Waals surface area (Å²) in [5, 5.41) is 3.08. The molecule has 30 heavy (non-hydrogen) atoms. The van der Waals surface area contributed by atoms with Crippen molar-refractivity contribution < 1.29 is 13.2 Å². The van der Waals surface area contributed by atoms with E-state index in [0.717, 1.165) is 11.1 Å². The second-order valence-corrected chi connectivity index (χ2v) is 10.3. The first-order valence-corrected chi connectivity index (χ1v) is 11.4. The van der Waals surface area contributed by atoms with Gasteiger partial charge in [0.25, 0.3) is 10.0 Å². The van der Waals surface area contributed by atoms with E-state index in [1.165, 1.54) is 0 Å². The normalized spacial score (nSPS) is 23.0. The lowest BCUT2D eigenvalue weighted by Crippen LogP contribution is -2.49. The van der Waals surface area contributed by atoms with E-state index in [9.17, 15) is 13.2 Å². The molecule has 2 N–H and O–H groups in total. The van der Waals surface area contributed by atoms with E-state index in [1.54, 1.807) is 24.3 Å². The predicted octanol–water partition coefficient (Wildman–Crippen LogP) is 3.47. The molecule has 0 unspecified atom stereocenters. The van der Waals surface area contributed by atoms with Crippen LogP contribution in [0, 0.1) is 18.3 Å². The molecule has 0 bridgehead atoms. The number of carbonyl (C=O) groups excluding carboxylic acids is 1. The molecule has 6 nitrogen and oxygen atoms in total. The molecule has 2 aliphatic rings. The molecule has 0 fully saturated rings. The van der Waals surface area contributed by atoms with Gasteiger partial charge in [-0.3, -0.25) is 4.79 Å². The zero-order valence-corrected chi connectivity index (χ0v) is 18.0. The van der Waals surface area contributed by atoms with Gasteiger partial charge in [-0.25, -0.2) is 18.1 Å². The first-order valence-electron chi connectivity index (χ1n) is 9.89. The number of allylic oxidation sites excluding steroid dienone is 1. The van der Waals surface area contributed by atoms with Gasteiger partial charge in [-0.05, 0) is 30.0 Å². The Morgan fingerprint density at radius 2 is 1.73 bits per heavy atom. The van der Waals surface area contributed by atoms with Crippen molar-refractivity contribution in [3.05, 3.63) is 77.5 Å². The van der Waals surface area contributed by atoms with Crippen molar-refractivity contribution in [2.24, 2.45) is 16.3 Å². The Morgan fingerprint density at radius 3 is 2.40 bits per heavy atom. The Kier molecular flexibility index (Phi) is 5.02. The largest absolute Gasteiger partial charge is 0.329 e. The Labute approximate surface area is 177 Å². The first-order chi connectivity index (χ1) is 14.1. The fourth-order valence-electron chi connectivity index (χ4n) is 4.01. The Bertz CT molecular complexity index is 1130. The zero-order chi connectivity index (χ0) is 21.5.